The fourth-order valence-corrected chi connectivity index (χ4v) is 5.30. The lowest BCUT2D eigenvalue weighted by atomic mass is 9.70. The second-order valence-corrected chi connectivity index (χ2v) is 6.93. The number of hydrogen-bond donors (Lipinski definition) is 0. The number of hydrogen-bond acceptors (Lipinski definition) is 2. The predicted molar refractivity (Wildman–Crippen MR) is 65.6 cm³/mol. The highest BCUT2D eigenvalue weighted by molar-refractivity contribution is 5.07. The third-order valence-electron chi connectivity index (χ3n) is 6.38. The van der Waals surface area contributed by atoms with Gasteiger partial charge in [0.25, 0.3) is 0 Å². The molecule has 17 heavy (non-hydrogen) atoms. The summed E-state index contributed by atoms with van der Waals surface area (Å²) in [6.07, 6.45) is 5.24. The highest BCUT2D eigenvalue weighted by Gasteiger charge is 2.59. The Hall–Kier alpha value is -0.0800. The second kappa shape index (κ2) is 3.71. The van der Waals surface area contributed by atoms with Gasteiger partial charge < -0.3 is 9.47 Å². The van der Waals surface area contributed by atoms with Crippen LogP contribution in [-0.2, 0) is 9.47 Å². The van der Waals surface area contributed by atoms with Crippen LogP contribution in [0.2, 0.25) is 0 Å². The van der Waals surface area contributed by atoms with Gasteiger partial charge >= 0.3 is 0 Å². The molecule has 1 heterocycles. The summed E-state index contributed by atoms with van der Waals surface area (Å²) in [5.41, 5.74) is 0. The smallest absolute Gasteiger partial charge is 0.104 e. The Balaban J connectivity index is 1.47. The number of rotatable bonds is 3. The van der Waals surface area contributed by atoms with Gasteiger partial charge in [-0.15, -0.1) is 0 Å². The van der Waals surface area contributed by atoms with Crippen LogP contribution >= 0.6 is 0 Å². The van der Waals surface area contributed by atoms with Crippen LogP contribution in [0, 0.1) is 35.5 Å². The summed E-state index contributed by atoms with van der Waals surface area (Å²) < 4.78 is 11.4. The van der Waals surface area contributed by atoms with Gasteiger partial charge in [-0.1, -0.05) is 13.8 Å². The van der Waals surface area contributed by atoms with Crippen molar-refractivity contribution in [1.82, 2.24) is 0 Å². The summed E-state index contributed by atoms with van der Waals surface area (Å²) in [4.78, 5) is 0. The summed E-state index contributed by atoms with van der Waals surface area (Å²) in [5.74, 6) is 5.77. The van der Waals surface area contributed by atoms with Crippen molar-refractivity contribution < 1.29 is 9.47 Å². The minimum Gasteiger partial charge on any atom is -0.375 e. The quantitative estimate of drug-likeness (QED) is 0.703. The van der Waals surface area contributed by atoms with Crippen LogP contribution < -0.4 is 0 Å². The Bertz CT molecular complexity index is 312. The molecule has 0 radical (unpaired) electrons. The zero-order valence-electron chi connectivity index (χ0n) is 11.0. The van der Waals surface area contributed by atoms with Crippen LogP contribution in [0.4, 0.5) is 0 Å². The van der Waals surface area contributed by atoms with Gasteiger partial charge in [-0.05, 0) is 54.8 Å². The predicted octanol–water partition coefficient (Wildman–Crippen LogP) is 2.72. The highest BCUT2D eigenvalue weighted by Crippen LogP contribution is 2.63. The molecule has 2 heteroatoms. The van der Waals surface area contributed by atoms with E-state index in [9.17, 15) is 0 Å². The molecule has 0 amide bonds. The zero-order valence-corrected chi connectivity index (χ0v) is 11.0. The SMILES string of the molecule is CC1C(C)C2CC1C1CCC(OCC3CO3)C21. The first-order valence-electron chi connectivity index (χ1n) is 7.49. The second-order valence-electron chi connectivity index (χ2n) is 6.93. The maximum atomic E-state index is 6.15. The van der Waals surface area contributed by atoms with E-state index in [-0.39, 0.29) is 0 Å². The average molecular weight is 236 g/mol. The molecule has 0 aromatic carbocycles. The van der Waals surface area contributed by atoms with Crippen LogP contribution in [0.3, 0.4) is 0 Å². The first-order valence-corrected chi connectivity index (χ1v) is 7.49. The van der Waals surface area contributed by atoms with Crippen molar-refractivity contribution >= 4 is 0 Å². The molecule has 2 bridgehead atoms. The summed E-state index contributed by atoms with van der Waals surface area (Å²) in [7, 11) is 0. The van der Waals surface area contributed by atoms with Gasteiger partial charge in [0.15, 0.2) is 0 Å². The van der Waals surface area contributed by atoms with E-state index in [1.54, 1.807) is 0 Å². The Kier molecular flexibility index (Phi) is 2.36. The van der Waals surface area contributed by atoms with Crippen molar-refractivity contribution in [3.05, 3.63) is 0 Å². The average Bonchev–Trinajstić information content (AvgIpc) is 2.84. The third-order valence-corrected chi connectivity index (χ3v) is 6.38. The van der Waals surface area contributed by atoms with Crippen molar-refractivity contribution in [1.29, 1.82) is 0 Å². The Morgan fingerprint density at radius 3 is 2.59 bits per heavy atom. The molecule has 8 unspecified atom stereocenters. The van der Waals surface area contributed by atoms with E-state index in [2.05, 4.69) is 13.8 Å². The van der Waals surface area contributed by atoms with Gasteiger partial charge in [0.1, 0.15) is 6.10 Å². The lowest BCUT2D eigenvalue weighted by Crippen LogP contribution is -2.35. The highest BCUT2D eigenvalue weighted by atomic mass is 16.6. The molecule has 3 aliphatic carbocycles. The van der Waals surface area contributed by atoms with Gasteiger partial charge in [0, 0.05) is 0 Å². The number of ether oxygens (including phenoxy) is 2. The summed E-state index contributed by atoms with van der Waals surface area (Å²) in [6.45, 7) is 6.75. The topological polar surface area (TPSA) is 21.8 Å². The lowest BCUT2D eigenvalue weighted by Gasteiger charge is -2.36. The van der Waals surface area contributed by atoms with E-state index in [0.29, 0.717) is 12.2 Å². The Morgan fingerprint density at radius 1 is 1.06 bits per heavy atom. The lowest BCUT2D eigenvalue weighted by molar-refractivity contribution is -0.0171. The van der Waals surface area contributed by atoms with E-state index in [1.807, 2.05) is 0 Å². The minimum absolute atomic E-state index is 0.434. The van der Waals surface area contributed by atoms with Crippen LogP contribution in [0.5, 0.6) is 0 Å². The first kappa shape index (κ1) is 10.8. The molecule has 3 saturated carbocycles. The molecule has 4 fully saturated rings. The van der Waals surface area contributed by atoms with Gasteiger partial charge in [-0.2, -0.15) is 0 Å². The van der Waals surface area contributed by atoms with Gasteiger partial charge in [0.05, 0.1) is 19.3 Å². The Morgan fingerprint density at radius 2 is 1.82 bits per heavy atom. The van der Waals surface area contributed by atoms with Crippen molar-refractivity contribution in [2.75, 3.05) is 13.2 Å². The van der Waals surface area contributed by atoms with Crippen LogP contribution in [0.25, 0.3) is 0 Å². The maximum absolute atomic E-state index is 6.15. The number of fused-ring (bicyclic) bond motifs is 5. The normalized spacial score (nSPS) is 59.6. The molecule has 4 aliphatic rings. The largest absolute Gasteiger partial charge is 0.375 e. The summed E-state index contributed by atoms with van der Waals surface area (Å²) in [5, 5.41) is 0. The number of epoxide rings is 1. The molecule has 96 valence electrons. The van der Waals surface area contributed by atoms with Crippen LogP contribution in [0.1, 0.15) is 33.1 Å². The van der Waals surface area contributed by atoms with E-state index in [4.69, 9.17) is 9.47 Å². The first-order chi connectivity index (χ1) is 8.25. The van der Waals surface area contributed by atoms with E-state index in [1.165, 1.54) is 19.3 Å². The zero-order chi connectivity index (χ0) is 11.6. The third kappa shape index (κ3) is 1.53. The van der Waals surface area contributed by atoms with Gasteiger partial charge in [-0.25, -0.2) is 0 Å². The van der Waals surface area contributed by atoms with Crippen molar-refractivity contribution in [3.8, 4) is 0 Å². The van der Waals surface area contributed by atoms with Crippen molar-refractivity contribution in [2.24, 2.45) is 35.5 Å². The maximum Gasteiger partial charge on any atom is 0.104 e. The molecule has 0 aromatic heterocycles. The van der Waals surface area contributed by atoms with Crippen LogP contribution in [-0.4, -0.2) is 25.4 Å². The molecule has 2 nitrogen and oxygen atoms in total. The van der Waals surface area contributed by atoms with Crippen LogP contribution in [0.15, 0.2) is 0 Å². The fraction of sp³-hybridized carbons (Fsp3) is 1.00. The molecule has 0 aromatic rings. The van der Waals surface area contributed by atoms with E-state index in [0.717, 1.165) is 48.7 Å². The molecule has 4 rings (SSSR count). The van der Waals surface area contributed by atoms with Crippen molar-refractivity contribution in [2.45, 2.75) is 45.3 Å². The van der Waals surface area contributed by atoms with Crippen molar-refractivity contribution in [3.63, 3.8) is 0 Å². The molecule has 1 aliphatic heterocycles. The summed E-state index contributed by atoms with van der Waals surface area (Å²) >= 11 is 0. The monoisotopic (exact) mass is 236 g/mol. The molecule has 0 N–H and O–H groups in total. The fourth-order valence-electron chi connectivity index (χ4n) is 5.30. The van der Waals surface area contributed by atoms with Gasteiger partial charge in [0.2, 0.25) is 0 Å². The minimum atomic E-state index is 0.434. The molecular formula is C15H24O2. The standard InChI is InChI=1S/C15H24O2/c1-8-9(2)13-5-12(8)11-3-4-14(15(11)13)17-7-10-6-16-10/h8-15H,3-7H2,1-2H3. The molecule has 0 spiro atoms. The molecular weight excluding hydrogens is 212 g/mol. The van der Waals surface area contributed by atoms with Gasteiger partial charge in [-0.3, -0.25) is 0 Å². The van der Waals surface area contributed by atoms with E-state index < -0.39 is 0 Å². The Labute approximate surface area is 104 Å². The van der Waals surface area contributed by atoms with E-state index >= 15 is 0 Å². The molecule has 8 atom stereocenters. The summed E-state index contributed by atoms with van der Waals surface area (Å²) in [6, 6.07) is 0. The molecule has 1 saturated heterocycles.